The number of ether oxygens (including phenoxy) is 2. The maximum atomic E-state index is 11.7. The van der Waals surface area contributed by atoms with Crippen LogP contribution in [0.5, 0.6) is 0 Å². The van der Waals surface area contributed by atoms with Gasteiger partial charge in [0.1, 0.15) is 0 Å². The smallest absolute Gasteiger partial charge is 0.335 e. The van der Waals surface area contributed by atoms with Crippen LogP contribution in [0, 0.1) is 0 Å². The largest absolute Gasteiger partial charge is 0.481 e. The van der Waals surface area contributed by atoms with Crippen molar-refractivity contribution in [1.82, 2.24) is 0 Å². The van der Waals surface area contributed by atoms with Gasteiger partial charge in [0, 0.05) is 13.0 Å². The Morgan fingerprint density at radius 1 is 1.22 bits per heavy atom. The summed E-state index contributed by atoms with van der Waals surface area (Å²) in [5.74, 6) is -1.26. The van der Waals surface area contributed by atoms with Crippen LogP contribution < -0.4 is 0 Å². The van der Waals surface area contributed by atoms with Crippen molar-refractivity contribution >= 4 is 11.9 Å². The third-order valence-electron chi connectivity index (χ3n) is 2.29. The molecule has 0 amide bonds. The molecule has 0 aliphatic rings. The van der Waals surface area contributed by atoms with E-state index in [9.17, 15) is 9.59 Å². The number of esters is 1. The number of carbonyl (C=O) groups excluding carboxylic acids is 1. The third-order valence-corrected chi connectivity index (χ3v) is 2.29. The minimum absolute atomic E-state index is 0.0442. The fourth-order valence-electron chi connectivity index (χ4n) is 1.39. The monoisotopic (exact) mass is 260 g/mol. The van der Waals surface area contributed by atoms with Crippen LogP contribution in [0.4, 0.5) is 0 Å². The lowest BCUT2D eigenvalue weighted by atomic mass is 10.1. The number of unbranched alkanes of at least 4 members (excludes halogenated alkanes) is 1. The molecule has 0 aromatic rings. The Morgan fingerprint density at radius 2 is 1.89 bits per heavy atom. The molecule has 0 rings (SSSR count). The molecule has 5 heteroatoms. The van der Waals surface area contributed by atoms with Crippen LogP contribution in [-0.2, 0) is 19.1 Å². The molecule has 106 valence electrons. The van der Waals surface area contributed by atoms with Crippen molar-refractivity contribution < 1.29 is 24.2 Å². The standard InChI is InChI=1S/C13H24O5/c1-4-5-9-17-11(7-6-8-12(14)15)13(16)18-10(2)3/h10-11H,4-9H2,1-3H3,(H,14,15). The molecule has 0 heterocycles. The summed E-state index contributed by atoms with van der Waals surface area (Å²) < 4.78 is 10.5. The van der Waals surface area contributed by atoms with E-state index in [0.29, 0.717) is 19.4 Å². The molecule has 1 N–H and O–H groups in total. The van der Waals surface area contributed by atoms with E-state index in [0.717, 1.165) is 12.8 Å². The molecule has 0 bridgehead atoms. The van der Waals surface area contributed by atoms with E-state index in [1.54, 1.807) is 13.8 Å². The molecule has 0 saturated heterocycles. The predicted molar refractivity (Wildman–Crippen MR) is 67.4 cm³/mol. The Bertz CT molecular complexity index is 250. The first-order chi connectivity index (χ1) is 8.47. The first-order valence-corrected chi connectivity index (χ1v) is 6.51. The molecule has 5 nitrogen and oxygen atoms in total. The maximum Gasteiger partial charge on any atom is 0.335 e. The summed E-state index contributed by atoms with van der Waals surface area (Å²) >= 11 is 0. The average Bonchev–Trinajstić information content (AvgIpc) is 2.25. The first-order valence-electron chi connectivity index (χ1n) is 6.51. The molecule has 0 fully saturated rings. The van der Waals surface area contributed by atoms with Crippen LogP contribution in [-0.4, -0.2) is 35.9 Å². The average molecular weight is 260 g/mol. The molecule has 0 aliphatic heterocycles. The Morgan fingerprint density at radius 3 is 2.39 bits per heavy atom. The number of hydrogen-bond acceptors (Lipinski definition) is 4. The van der Waals surface area contributed by atoms with Gasteiger partial charge in [-0.25, -0.2) is 4.79 Å². The number of hydrogen-bond donors (Lipinski definition) is 1. The van der Waals surface area contributed by atoms with E-state index < -0.39 is 18.0 Å². The van der Waals surface area contributed by atoms with Gasteiger partial charge in [0.2, 0.25) is 0 Å². The molecule has 18 heavy (non-hydrogen) atoms. The molecular formula is C13H24O5. The fourth-order valence-corrected chi connectivity index (χ4v) is 1.39. The quantitative estimate of drug-likeness (QED) is 0.482. The van der Waals surface area contributed by atoms with E-state index in [2.05, 4.69) is 0 Å². The first kappa shape index (κ1) is 16.9. The van der Waals surface area contributed by atoms with Gasteiger partial charge >= 0.3 is 11.9 Å². The summed E-state index contributed by atoms with van der Waals surface area (Å²) in [5, 5.41) is 8.57. The Hall–Kier alpha value is -1.10. The topological polar surface area (TPSA) is 72.8 Å². The Balaban J connectivity index is 4.13. The van der Waals surface area contributed by atoms with E-state index in [-0.39, 0.29) is 12.5 Å². The van der Waals surface area contributed by atoms with Gasteiger partial charge < -0.3 is 14.6 Å². The van der Waals surface area contributed by atoms with Gasteiger partial charge in [0.25, 0.3) is 0 Å². The van der Waals surface area contributed by atoms with Gasteiger partial charge in [0.15, 0.2) is 6.10 Å². The number of carbonyl (C=O) groups is 2. The van der Waals surface area contributed by atoms with Gasteiger partial charge in [-0.2, -0.15) is 0 Å². The molecule has 1 atom stereocenters. The molecule has 0 aromatic heterocycles. The van der Waals surface area contributed by atoms with Crippen molar-refractivity contribution in [1.29, 1.82) is 0 Å². The van der Waals surface area contributed by atoms with Crippen LogP contribution in [0.2, 0.25) is 0 Å². The zero-order chi connectivity index (χ0) is 14.0. The minimum atomic E-state index is -0.862. The lowest BCUT2D eigenvalue weighted by Crippen LogP contribution is -2.29. The van der Waals surface area contributed by atoms with Gasteiger partial charge in [0.05, 0.1) is 6.10 Å². The fraction of sp³-hybridized carbons (Fsp3) is 0.846. The van der Waals surface area contributed by atoms with Crippen LogP contribution in [0.3, 0.4) is 0 Å². The number of carboxylic acids is 1. The van der Waals surface area contributed by atoms with Crippen LogP contribution >= 0.6 is 0 Å². The SMILES string of the molecule is CCCCOC(CCCC(=O)O)C(=O)OC(C)C. The van der Waals surface area contributed by atoms with Gasteiger partial charge in [-0.3, -0.25) is 4.79 Å². The molecule has 0 aromatic carbocycles. The van der Waals surface area contributed by atoms with E-state index in [1.165, 1.54) is 0 Å². The maximum absolute atomic E-state index is 11.7. The lowest BCUT2D eigenvalue weighted by molar-refractivity contribution is -0.162. The van der Waals surface area contributed by atoms with E-state index in [1.807, 2.05) is 6.92 Å². The summed E-state index contributed by atoms with van der Waals surface area (Å²) in [5.41, 5.74) is 0. The summed E-state index contributed by atoms with van der Waals surface area (Å²) in [4.78, 5) is 22.2. The van der Waals surface area contributed by atoms with Gasteiger partial charge in [-0.05, 0) is 33.1 Å². The van der Waals surface area contributed by atoms with Crippen LogP contribution in [0.25, 0.3) is 0 Å². The molecule has 0 aliphatic carbocycles. The summed E-state index contributed by atoms with van der Waals surface area (Å²) in [6, 6.07) is 0. The van der Waals surface area contributed by atoms with Crippen molar-refractivity contribution in [2.75, 3.05) is 6.61 Å². The lowest BCUT2D eigenvalue weighted by Gasteiger charge is -2.18. The highest BCUT2D eigenvalue weighted by Crippen LogP contribution is 2.09. The third kappa shape index (κ3) is 8.98. The number of aliphatic carboxylic acids is 1. The molecule has 1 unspecified atom stereocenters. The number of rotatable bonds is 10. The molecular weight excluding hydrogens is 236 g/mol. The van der Waals surface area contributed by atoms with Crippen molar-refractivity contribution in [2.24, 2.45) is 0 Å². The molecule has 0 radical (unpaired) electrons. The highest BCUT2D eigenvalue weighted by atomic mass is 16.6. The van der Waals surface area contributed by atoms with Gasteiger partial charge in [-0.1, -0.05) is 13.3 Å². The highest BCUT2D eigenvalue weighted by molar-refractivity contribution is 5.75. The second-order valence-electron chi connectivity index (χ2n) is 4.48. The zero-order valence-corrected chi connectivity index (χ0v) is 11.5. The van der Waals surface area contributed by atoms with Crippen LogP contribution in [0.15, 0.2) is 0 Å². The Labute approximate surface area is 108 Å². The van der Waals surface area contributed by atoms with Crippen LogP contribution in [0.1, 0.15) is 52.9 Å². The van der Waals surface area contributed by atoms with Gasteiger partial charge in [-0.15, -0.1) is 0 Å². The summed E-state index contributed by atoms with van der Waals surface area (Å²) in [6.45, 7) is 6.09. The van der Waals surface area contributed by atoms with Crippen molar-refractivity contribution in [3.05, 3.63) is 0 Å². The second kappa shape index (κ2) is 9.88. The van der Waals surface area contributed by atoms with Crippen molar-refractivity contribution in [3.8, 4) is 0 Å². The normalized spacial score (nSPS) is 12.4. The molecule has 0 saturated carbocycles. The van der Waals surface area contributed by atoms with Crippen molar-refractivity contribution in [3.63, 3.8) is 0 Å². The van der Waals surface area contributed by atoms with E-state index >= 15 is 0 Å². The predicted octanol–water partition coefficient (Wildman–Crippen LogP) is 2.38. The van der Waals surface area contributed by atoms with E-state index in [4.69, 9.17) is 14.6 Å². The second-order valence-corrected chi connectivity index (χ2v) is 4.48. The number of carboxylic acid groups (broad SMARTS) is 1. The summed E-state index contributed by atoms with van der Waals surface area (Å²) in [6.07, 6.45) is 1.89. The molecule has 0 spiro atoms. The summed E-state index contributed by atoms with van der Waals surface area (Å²) in [7, 11) is 0. The zero-order valence-electron chi connectivity index (χ0n) is 11.5. The minimum Gasteiger partial charge on any atom is -0.481 e. The van der Waals surface area contributed by atoms with Crippen molar-refractivity contribution in [2.45, 2.75) is 65.1 Å². The highest BCUT2D eigenvalue weighted by Gasteiger charge is 2.21. The Kier molecular flexibility index (Phi) is 9.28.